The van der Waals surface area contributed by atoms with Gasteiger partial charge >= 0.3 is 0 Å². The molecule has 5 nitrogen and oxygen atoms in total. The lowest BCUT2D eigenvalue weighted by atomic mass is 9.87. The molecule has 2 rings (SSSR count). The Hall–Kier alpha value is -0.910. The van der Waals surface area contributed by atoms with E-state index in [1.54, 1.807) is 0 Å². The highest BCUT2D eigenvalue weighted by molar-refractivity contribution is 5.02. The zero-order valence-corrected chi connectivity index (χ0v) is 13.1. The molecule has 0 bridgehead atoms. The monoisotopic (exact) mass is 279 g/mol. The number of aromatic nitrogens is 2. The van der Waals surface area contributed by atoms with Crippen LogP contribution in [0.15, 0.2) is 12.3 Å². The minimum absolute atomic E-state index is 0.0910. The number of nitrogens with two attached hydrogens (primary N) is 1. The first-order valence-electron chi connectivity index (χ1n) is 7.73. The fraction of sp³-hybridized carbons (Fsp3) is 0.800. The fourth-order valence-corrected chi connectivity index (χ4v) is 3.27. The van der Waals surface area contributed by atoms with Crippen LogP contribution in [0.4, 0.5) is 0 Å². The van der Waals surface area contributed by atoms with Crippen LogP contribution in [0.2, 0.25) is 0 Å². The van der Waals surface area contributed by atoms with E-state index in [-0.39, 0.29) is 11.6 Å². The molecule has 0 spiro atoms. The molecule has 1 aromatic heterocycles. The highest BCUT2D eigenvalue weighted by atomic mass is 15.3. The van der Waals surface area contributed by atoms with Crippen molar-refractivity contribution < 1.29 is 0 Å². The van der Waals surface area contributed by atoms with E-state index in [0.717, 1.165) is 12.8 Å². The largest absolute Gasteiger partial charge is 0.297 e. The summed E-state index contributed by atoms with van der Waals surface area (Å²) in [4.78, 5) is 2.59. The third-order valence-corrected chi connectivity index (χ3v) is 4.84. The van der Waals surface area contributed by atoms with Gasteiger partial charge in [0.2, 0.25) is 0 Å². The molecule has 2 heterocycles. The molecule has 1 atom stereocenters. The lowest BCUT2D eigenvalue weighted by Crippen LogP contribution is -2.60. The maximum absolute atomic E-state index is 5.84. The van der Waals surface area contributed by atoms with Gasteiger partial charge in [-0.05, 0) is 58.7 Å². The smallest absolute Gasteiger partial charge is 0.0492 e. The Morgan fingerprint density at radius 1 is 1.35 bits per heavy atom. The molecular formula is C15H29N5. The second-order valence-corrected chi connectivity index (χ2v) is 6.41. The van der Waals surface area contributed by atoms with Crippen LogP contribution >= 0.6 is 0 Å². The minimum Gasteiger partial charge on any atom is -0.297 e. The predicted octanol–water partition coefficient (Wildman–Crippen LogP) is 1.45. The molecule has 0 radical (unpaired) electrons. The standard InChI is InChI=1S/C15H29N5/c1-15(2,20-11-5-4-6-12-20)14(18-16)8-7-13-9-10-17-19(13)3/h9-10,14,18H,4-8,11-12,16H2,1-3H3. The molecule has 1 unspecified atom stereocenters. The molecule has 1 aliphatic rings. The van der Waals surface area contributed by atoms with Crippen LogP contribution in [0.25, 0.3) is 0 Å². The fourth-order valence-electron chi connectivity index (χ4n) is 3.27. The Bertz CT molecular complexity index is 406. The number of aryl methyl sites for hydroxylation is 2. The Morgan fingerprint density at radius 3 is 2.60 bits per heavy atom. The molecular weight excluding hydrogens is 250 g/mol. The number of hydrogen-bond donors (Lipinski definition) is 2. The molecule has 1 aliphatic heterocycles. The number of likely N-dealkylation sites (tertiary alicyclic amines) is 1. The minimum atomic E-state index is 0.0910. The lowest BCUT2D eigenvalue weighted by Gasteiger charge is -2.45. The van der Waals surface area contributed by atoms with Crippen molar-refractivity contribution in [3.63, 3.8) is 0 Å². The quantitative estimate of drug-likeness (QED) is 0.611. The number of rotatable bonds is 6. The van der Waals surface area contributed by atoms with Crippen LogP contribution in [-0.2, 0) is 13.5 Å². The maximum atomic E-state index is 5.84. The van der Waals surface area contributed by atoms with Gasteiger partial charge in [0, 0.05) is 30.5 Å². The van der Waals surface area contributed by atoms with Gasteiger partial charge in [0.15, 0.2) is 0 Å². The van der Waals surface area contributed by atoms with Gasteiger partial charge in [0.25, 0.3) is 0 Å². The van der Waals surface area contributed by atoms with Crippen LogP contribution < -0.4 is 11.3 Å². The first kappa shape index (κ1) is 15.5. The molecule has 0 amide bonds. The summed E-state index contributed by atoms with van der Waals surface area (Å²) >= 11 is 0. The van der Waals surface area contributed by atoms with E-state index in [9.17, 15) is 0 Å². The van der Waals surface area contributed by atoms with Gasteiger partial charge < -0.3 is 0 Å². The first-order chi connectivity index (χ1) is 9.55. The van der Waals surface area contributed by atoms with Gasteiger partial charge in [-0.1, -0.05) is 6.42 Å². The molecule has 5 heteroatoms. The third kappa shape index (κ3) is 3.40. The molecule has 20 heavy (non-hydrogen) atoms. The van der Waals surface area contributed by atoms with E-state index in [4.69, 9.17) is 5.84 Å². The van der Waals surface area contributed by atoms with E-state index < -0.39 is 0 Å². The van der Waals surface area contributed by atoms with Crippen molar-refractivity contribution >= 4 is 0 Å². The van der Waals surface area contributed by atoms with E-state index in [2.05, 4.69) is 35.3 Å². The van der Waals surface area contributed by atoms with E-state index in [0.29, 0.717) is 0 Å². The van der Waals surface area contributed by atoms with Crippen LogP contribution in [0.3, 0.4) is 0 Å². The summed E-state index contributed by atoms with van der Waals surface area (Å²) in [5.41, 5.74) is 4.40. The summed E-state index contributed by atoms with van der Waals surface area (Å²) in [6.45, 7) is 7.01. The van der Waals surface area contributed by atoms with Crippen LogP contribution in [0.1, 0.15) is 45.2 Å². The van der Waals surface area contributed by atoms with Gasteiger partial charge in [-0.15, -0.1) is 0 Å². The van der Waals surface area contributed by atoms with E-state index in [1.165, 1.54) is 38.0 Å². The Morgan fingerprint density at radius 2 is 2.05 bits per heavy atom. The van der Waals surface area contributed by atoms with Crippen LogP contribution in [0, 0.1) is 0 Å². The summed E-state index contributed by atoms with van der Waals surface area (Å²) < 4.78 is 1.95. The normalized spacial score (nSPS) is 19.2. The lowest BCUT2D eigenvalue weighted by molar-refractivity contribution is 0.0582. The Kier molecular flexibility index (Phi) is 5.18. The Labute approximate surface area is 122 Å². The van der Waals surface area contributed by atoms with Gasteiger partial charge in [-0.25, -0.2) is 0 Å². The highest BCUT2D eigenvalue weighted by Gasteiger charge is 2.35. The van der Waals surface area contributed by atoms with E-state index in [1.807, 2.05) is 17.9 Å². The first-order valence-corrected chi connectivity index (χ1v) is 7.73. The topological polar surface area (TPSA) is 59.1 Å². The summed E-state index contributed by atoms with van der Waals surface area (Å²) in [6, 6.07) is 2.37. The third-order valence-electron chi connectivity index (χ3n) is 4.84. The zero-order valence-electron chi connectivity index (χ0n) is 13.1. The van der Waals surface area contributed by atoms with Crippen molar-refractivity contribution in [1.82, 2.24) is 20.1 Å². The van der Waals surface area contributed by atoms with Gasteiger partial charge in [0.1, 0.15) is 0 Å². The SMILES string of the molecule is Cn1nccc1CCC(NN)C(C)(C)N1CCCCC1. The maximum Gasteiger partial charge on any atom is 0.0492 e. The number of hydrogen-bond acceptors (Lipinski definition) is 4. The molecule has 1 fully saturated rings. The second-order valence-electron chi connectivity index (χ2n) is 6.41. The van der Waals surface area contributed by atoms with Gasteiger partial charge in [-0.2, -0.15) is 5.10 Å². The molecule has 0 aliphatic carbocycles. The number of piperidine rings is 1. The van der Waals surface area contributed by atoms with E-state index >= 15 is 0 Å². The van der Waals surface area contributed by atoms with Crippen molar-refractivity contribution in [2.45, 2.75) is 57.5 Å². The van der Waals surface area contributed by atoms with Crippen molar-refractivity contribution in [2.24, 2.45) is 12.9 Å². The summed E-state index contributed by atoms with van der Waals surface area (Å²) in [7, 11) is 2.00. The van der Waals surface area contributed by atoms with Crippen LogP contribution in [0.5, 0.6) is 0 Å². The molecule has 114 valence electrons. The molecule has 0 saturated carbocycles. The molecule has 3 N–H and O–H groups in total. The Balaban J connectivity index is 1.97. The summed E-state index contributed by atoms with van der Waals surface area (Å²) in [5.74, 6) is 5.84. The highest BCUT2D eigenvalue weighted by Crippen LogP contribution is 2.25. The number of hydrazine groups is 1. The van der Waals surface area contributed by atoms with Crippen molar-refractivity contribution in [3.8, 4) is 0 Å². The summed E-state index contributed by atoms with van der Waals surface area (Å²) in [5, 5.41) is 4.23. The zero-order chi connectivity index (χ0) is 14.6. The number of nitrogens with zero attached hydrogens (tertiary/aromatic N) is 3. The van der Waals surface area contributed by atoms with Gasteiger partial charge in [0.05, 0.1) is 0 Å². The summed E-state index contributed by atoms with van der Waals surface area (Å²) in [6.07, 6.45) is 7.87. The van der Waals surface area contributed by atoms with Gasteiger partial charge in [-0.3, -0.25) is 20.9 Å². The van der Waals surface area contributed by atoms with Crippen molar-refractivity contribution in [2.75, 3.05) is 13.1 Å². The molecule has 0 aromatic carbocycles. The average Bonchev–Trinajstić information content (AvgIpc) is 2.86. The average molecular weight is 279 g/mol. The number of nitrogens with one attached hydrogen (secondary N) is 1. The van der Waals surface area contributed by atoms with Crippen LogP contribution in [-0.4, -0.2) is 39.4 Å². The second kappa shape index (κ2) is 6.70. The van der Waals surface area contributed by atoms with Crippen molar-refractivity contribution in [1.29, 1.82) is 0 Å². The predicted molar refractivity (Wildman–Crippen MR) is 82.1 cm³/mol. The van der Waals surface area contributed by atoms with Crippen molar-refractivity contribution in [3.05, 3.63) is 18.0 Å². The molecule has 1 saturated heterocycles. The molecule has 1 aromatic rings.